The molecule has 1 aromatic rings. The molecule has 1 heterocycles. The number of aryl methyl sites for hydroxylation is 2. The number of hydrogen-bond acceptors (Lipinski definition) is 3. The van der Waals surface area contributed by atoms with Gasteiger partial charge in [0.1, 0.15) is 5.84 Å². The summed E-state index contributed by atoms with van der Waals surface area (Å²) in [5, 5.41) is 0. The van der Waals surface area contributed by atoms with Crippen LogP contribution in [0.4, 0.5) is 0 Å². The highest BCUT2D eigenvalue weighted by Gasteiger charge is 2.16. The fourth-order valence-electron chi connectivity index (χ4n) is 2.34. The van der Waals surface area contributed by atoms with Crippen molar-refractivity contribution in [1.82, 2.24) is 10.4 Å². The van der Waals surface area contributed by atoms with Gasteiger partial charge in [0.2, 0.25) is 0 Å². The molecule has 1 fully saturated rings. The summed E-state index contributed by atoms with van der Waals surface area (Å²) in [6.45, 7) is 3.98. The summed E-state index contributed by atoms with van der Waals surface area (Å²) < 4.78 is 0. The number of nitrogens with two attached hydrogens (primary N) is 1. The Bertz CT molecular complexity index is 419. The Morgan fingerprint density at radius 1 is 1.35 bits per heavy atom. The monoisotopic (exact) mass is 232 g/mol. The number of aliphatic imine (C=N–C) groups is 1. The van der Waals surface area contributed by atoms with Crippen LogP contribution >= 0.6 is 0 Å². The molecule has 0 unspecified atom stereocenters. The van der Waals surface area contributed by atoms with Crippen molar-refractivity contribution in [2.45, 2.75) is 45.6 Å². The molecule has 0 saturated heterocycles. The van der Waals surface area contributed by atoms with Gasteiger partial charge in [-0.3, -0.25) is 9.98 Å². The summed E-state index contributed by atoms with van der Waals surface area (Å²) in [5.74, 6) is 6.35. The van der Waals surface area contributed by atoms with Gasteiger partial charge in [-0.15, -0.1) is 0 Å². The van der Waals surface area contributed by atoms with E-state index in [1.54, 1.807) is 0 Å². The summed E-state index contributed by atoms with van der Waals surface area (Å²) in [4.78, 5) is 9.14. The summed E-state index contributed by atoms with van der Waals surface area (Å²) in [5.41, 5.74) is 5.71. The first-order valence-corrected chi connectivity index (χ1v) is 6.19. The maximum absolute atomic E-state index is 5.58. The molecular weight excluding hydrogens is 212 g/mol. The van der Waals surface area contributed by atoms with Gasteiger partial charge < -0.3 is 5.43 Å². The molecule has 1 saturated carbocycles. The highest BCUT2D eigenvalue weighted by atomic mass is 15.3. The third kappa shape index (κ3) is 2.82. The Kier molecular flexibility index (Phi) is 3.74. The Morgan fingerprint density at radius 3 is 2.65 bits per heavy atom. The maximum Gasteiger partial charge on any atom is 0.144 e. The van der Waals surface area contributed by atoms with Crippen LogP contribution in [0.25, 0.3) is 0 Å². The van der Waals surface area contributed by atoms with Crippen LogP contribution in [0.15, 0.2) is 17.1 Å². The molecule has 17 heavy (non-hydrogen) atoms. The highest BCUT2D eigenvalue weighted by molar-refractivity contribution is 5.99. The van der Waals surface area contributed by atoms with Crippen LogP contribution < -0.4 is 11.3 Å². The molecular formula is C13H20N4. The smallest absolute Gasteiger partial charge is 0.144 e. The van der Waals surface area contributed by atoms with Gasteiger partial charge in [-0.2, -0.15) is 0 Å². The van der Waals surface area contributed by atoms with E-state index in [1.807, 2.05) is 26.0 Å². The number of nitrogens with one attached hydrogen (secondary N) is 1. The number of nitrogens with zero attached hydrogens (tertiary/aromatic N) is 2. The lowest BCUT2D eigenvalue weighted by atomic mass is 10.1. The first-order chi connectivity index (χ1) is 8.20. The van der Waals surface area contributed by atoms with E-state index in [4.69, 9.17) is 10.8 Å². The number of pyridine rings is 1. The second-order valence-corrected chi connectivity index (χ2v) is 4.65. The molecule has 1 aromatic heterocycles. The molecule has 4 heteroatoms. The maximum atomic E-state index is 5.58. The van der Waals surface area contributed by atoms with Gasteiger partial charge in [-0.1, -0.05) is 12.8 Å². The molecule has 0 bridgehead atoms. The molecule has 2 rings (SSSR count). The molecule has 0 spiro atoms. The topological polar surface area (TPSA) is 63.3 Å². The number of hydrazine groups is 1. The fraction of sp³-hybridized carbons (Fsp3) is 0.538. The number of rotatable bonds is 2. The summed E-state index contributed by atoms with van der Waals surface area (Å²) in [7, 11) is 0. The molecule has 0 aromatic carbocycles. The minimum atomic E-state index is 0.418. The molecule has 3 N–H and O–H groups in total. The van der Waals surface area contributed by atoms with Crippen molar-refractivity contribution < 1.29 is 0 Å². The average Bonchev–Trinajstić information content (AvgIpc) is 2.79. The predicted octanol–water partition coefficient (Wildman–Crippen LogP) is 1.85. The van der Waals surface area contributed by atoms with E-state index >= 15 is 0 Å². The molecule has 0 amide bonds. The minimum Gasteiger partial charge on any atom is -0.308 e. The zero-order valence-electron chi connectivity index (χ0n) is 10.5. The number of hydrogen-bond donors (Lipinski definition) is 2. The first-order valence-electron chi connectivity index (χ1n) is 6.19. The molecule has 1 aliphatic carbocycles. The van der Waals surface area contributed by atoms with Gasteiger partial charge in [-0.25, -0.2) is 5.84 Å². The molecule has 92 valence electrons. The summed E-state index contributed by atoms with van der Waals surface area (Å²) in [6, 6.07) is 4.44. The number of amidine groups is 1. The van der Waals surface area contributed by atoms with Gasteiger partial charge >= 0.3 is 0 Å². The normalized spacial score (nSPS) is 17.5. The van der Waals surface area contributed by atoms with E-state index in [1.165, 1.54) is 25.7 Å². The van der Waals surface area contributed by atoms with E-state index in [0.29, 0.717) is 6.04 Å². The Balaban J connectivity index is 2.27. The second-order valence-electron chi connectivity index (χ2n) is 4.65. The van der Waals surface area contributed by atoms with Crippen LogP contribution in [0.1, 0.15) is 42.6 Å². The van der Waals surface area contributed by atoms with Gasteiger partial charge in [-0.05, 0) is 38.8 Å². The zero-order valence-corrected chi connectivity index (χ0v) is 10.5. The van der Waals surface area contributed by atoms with Crippen molar-refractivity contribution in [3.63, 3.8) is 0 Å². The van der Waals surface area contributed by atoms with Crippen molar-refractivity contribution >= 4 is 5.84 Å². The fourth-order valence-corrected chi connectivity index (χ4v) is 2.34. The van der Waals surface area contributed by atoms with E-state index in [0.717, 1.165) is 22.8 Å². The van der Waals surface area contributed by atoms with Crippen molar-refractivity contribution in [2.75, 3.05) is 0 Å². The SMILES string of the molecule is Cc1ccc(C(=NC2CCCC2)NN)c(C)n1. The van der Waals surface area contributed by atoms with Crippen LogP contribution in [0, 0.1) is 13.8 Å². The van der Waals surface area contributed by atoms with E-state index in [-0.39, 0.29) is 0 Å². The van der Waals surface area contributed by atoms with Gasteiger partial charge in [0.25, 0.3) is 0 Å². The summed E-state index contributed by atoms with van der Waals surface area (Å²) >= 11 is 0. The van der Waals surface area contributed by atoms with Crippen molar-refractivity contribution in [3.8, 4) is 0 Å². The van der Waals surface area contributed by atoms with Crippen LogP contribution in [-0.2, 0) is 0 Å². The highest BCUT2D eigenvalue weighted by Crippen LogP contribution is 2.21. The lowest BCUT2D eigenvalue weighted by molar-refractivity contribution is 0.700. The van der Waals surface area contributed by atoms with Gasteiger partial charge in [0, 0.05) is 17.0 Å². The van der Waals surface area contributed by atoms with Crippen LogP contribution in [-0.4, -0.2) is 16.9 Å². The third-order valence-corrected chi connectivity index (χ3v) is 3.25. The second kappa shape index (κ2) is 5.27. The van der Waals surface area contributed by atoms with Crippen molar-refractivity contribution in [1.29, 1.82) is 0 Å². The Labute approximate surface area is 102 Å². The molecule has 4 nitrogen and oxygen atoms in total. The van der Waals surface area contributed by atoms with E-state index in [2.05, 4.69) is 10.4 Å². The average molecular weight is 232 g/mol. The van der Waals surface area contributed by atoms with Crippen molar-refractivity contribution in [3.05, 3.63) is 29.1 Å². The lowest BCUT2D eigenvalue weighted by Gasteiger charge is -2.11. The molecule has 1 aliphatic rings. The predicted molar refractivity (Wildman–Crippen MR) is 69.8 cm³/mol. The first kappa shape index (κ1) is 12.0. The lowest BCUT2D eigenvalue weighted by Crippen LogP contribution is -2.33. The quantitative estimate of drug-likeness (QED) is 0.354. The summed E-state index contributed by atoms with van der Waals surface area (Å²) in [6.07, 6.45) is 4.89. The Morgan fingerprint density at radius 2 is 2.06 bits per heavy atom. The standard InChI is InChI=1S/C13H20N4/c1-9-7-8-12(10(2)15-9)13(17-14)16-11-5-3-4-6-11/h7-8,11H,3-6,14H2,1-2H3,(H,16,17). The van der Waals surface area contributed by atoms with Gasteiger partial charge in [0.15, 0.2) is 0 Å². The van der Waals surface area contributed by atoms with Crippen LogP contribution in [0.5, 0.6) is 0 Å². The number of aromatic nitrogens is 1. The Hall–Kier alpha value is -1.42. The zero-order chi connectivity index (χ0) is 12.3. The van der Waals surface area contributed by atoms with Gasteiger partial charge in [0.05, 0.1) is 6.04 Å². The van der Waals surface area contributed by atoms with E-state index < -0.39 is 0 Å². The molecule has 0 aliphatic heterocycles. The van der Waals surface area contributed by atoms with E-state index in [9.17, 15) is 0 Å². The third-order valence-electron chi connectivity index (χ3n) is 3.25. The van der Waals surface area contributed by atoms with Crippen LogP contribution in [0.3, 0.4) is 0 Å². The molecule has 0 radical (unpaired) electrons. The largest absolute Gasteiger partial charge is 0.308 e. The van der Waals surface area contributed by atoms with Crippen molar-refractivity contribution in [2.24, 2.45) is 10.8 Å². The van der Waals surface area contributed by atoms with Crippen LogP contribution in [0.2, 0.25) is 0 Å². The minimum absolute atomic E-state index is 0.418. The molecule has 0 atom stereocenters.